The van der Waals surface area contributed by atoms with Gasteiger partial charge in [0.15, 0.2) is 0 Å². The number of hydrogen-bond donors (Lipinski definition) is 5. The Balaban J connectivity index is 0. The second kappa shape index (κ2) is 9.78. The van der Waals surface area contributed by atoms with E-state index in [1.54, 1.807) is 0 Å². The number of nitrogens with two attached hydrogens (primary N) is 1. The Hall–Kier alpha value is -2.42. The largest absolute Gasteiger partial charge is 0.481 e. The fourth-order valence-electron chi connectivity index (χ4n) is 0.545. The minimum Gasteiger partial charge on any atom is -0.481 e. The van der Waals surface area contributed by atoms with Gasteiger partial charge in [0.25, 0.3) is 0 Å². The minimum atomic E-state index is -1.26. The smallest absolute Gasteiger partial charge is 0.328 e. The molecule has 0 saturated heterocycles. The monoisotopic (exact) mass is 263 g/mol. The molecule has 0 aliphatic heterocycles. The van der Waals surface area contributed by atoms with Crippen molar-refractivity contribution in [2.45, 2.75) is 18.9 Å². The summed E-state index contributed by atoms with van der Waals surface area (Å²) in [4.78, 5) is 39.0. The van der Waals surface area contributed by atoms with Crippen molar-refractivity contribution in [1.82, 2.24) is 0 Å². The molecule has 18 heavy (non-hydrogen) atoms. The number of rotatable bonds is 6. The summed E-state index contributed by atoms with van der Waals surface area (Å²) >= 11 is 0. The molecule has 0 aromatic heterocycles. The molecule has 9 nitrogen and oxygen atoms in total. The molecule has 0 aliphatic rings. The molecule has 102 valence electrons. The Morgan fingerprint density at radius 1 is 0.944 bits per heavy atom. The highest BCUT2D eigenvalue weighted by molar-refractivity contribution is 5.89. The topological polar surface area (TPSA) is 175 Å². The van der Waals surface area contributed by atoms with Crippen molar-refractivity contribution in [3.8, 4) is 0 Å². The highest BCUT2D eigenvalue weighted by Gasteiger charge is 2.12. The van der Waals surface area contributed by atoms with Crippen molar-refractivity contribution in [2.75, 3.05) is 0 Å². The quantitative estimate of drug-likeness (QED) is 0.375. The highest BCUT2D eigenvalue weighted by atomic mass is 16.4. The Kier molecular flexibility index (Phi) is 9.76. The number of hydrogen-bond acceptors (Lipinski definition) is 5. The van der Waals surface area contributed by atoms with E-state index in [0.717, 1.165) is 0 Å². The summed E-state index contributed by atoms with van der Waals surface area (Å²) in [5.74, 6) is -4.71. The zero-order valence-corrected chi connectivity index (χ0v) is 9.15. The molecule has 0 fully saturated rings. The molecule has 0 spiro atoms. The summed E-state index contributed by atoms with van der Waals surface area (Å²) in [6, 6.07) is -1.06. The Morgan fingerprint density at radius 2 is 1.33 bits per heavy atom. The van der Waals surface area contributed by atoms with Gasteiger partial charge in [0.1, 0.15) is 6.04 Å². The summed E-state index contributed by atoms with van der Waals surface area (Å²) in [5, 5.41) is 31.9. The predicted molar refractivity (Wildman–Crippen MR) is 56.9 cm³/mol. The highest BCUT2D eigenvalue weighted by Crippen LogP contribution is 1.93. The molecular weight excluding hydrogens is 250 g/mol. The summed E-state index contributed by atoms with van der Waals surface area (Å²) in [5.41, 5.74) is 5.00. The molecule has 0 bridgehead atoms. The van der Waals surface area contributed by atoms with Gasteiger partial charge in [-0.2, -0.15) is 0 Å². The molecule has 6 N–H and O–H groups in total. The molecular formula is C9H13NO8. The Labute approximate surface area is 101 Å². The number of carbonyl (C=O) groups is 4. The average Bonchev–Trinajstić information content (AvgIpc) is 2.23. The maximum Gasteiger partial charge on any atom is 0.328 e. The van der Waals surface area contributed by atoms with Crippen LogP contribution in [0.15, 0.2) is 12.2 Å². The van der Waals surface area contributed by atoms with Gasteiger partial charge >= 0.3 is 23.9 Å². The van der Waals surface area contributed by atoms with E-state index >= 15 is 0 Å². The fraction of sp³-hybridized carbons (Fsp3) is 0.333. The van der Waals surface area contributed by atoms with E-state index in [2.05, 4.69) is 0 Å². The second-order valence-corrected chi connectivity index (χ2v) is 2.89. The molecule has 9 heteroatoms. The van der Waals surface area contributed by atoms with Crippen LogP contribution in [-0.2, 0) is 19.2 Å². The fourth-order valence-corrected chi connectivity index (χ4v) is 0.545. The van der Waals surface area contributed by atoms with Crippen LogP contribution in [0.5, 0.6) is 0 Å². The lowest BCUT2D eigenvalue weighted by molar-refractivity contribution is -0.140. The van der Waals surface area contributed by atoms with Crippen LogP contribution in [0.4, 0.5) is 0 Å². The normalized spacial score (nSPS) is 11.2. The molecule has 0 aromatic carbocycles. The predicted octanol–water partition coefficient (Wildman–Crippen LogP) is -1.03. The van der Waals surface area contributed by atoms with Gasteiger partial charge in [-0.3, -0.25) is 9.59 Å². The molecule has 1 unspecified atom stereocenters. The third kappa shape index (κ3) is 16.0. The van der Waals surface area contributed by atoms with Crippen LogP contribution >= 0.6 is 0 Å². The summed E-state index contributed by atoms with van der Waals surface area (Å²) in [6.07, 6.45) is 0.892. The van der Waals surface area contributed by atoms with Gasteiger partial charge in [-0.1, -0.05) is 0 Å². The van der Waals surface area contributed by atoms with Gasteiger partial charge < -0.3 is 26.2 Å². The number of carboxylic acid groups (broad SMARTS) is 4. The summed E-state index contributed by atoms with van der Waals surface area (Å²) < 4.78 is 0. The maximum absolute atomic E-state index is 9.99. The van der Waals surface area contributed by atoms with E-state index < -0.39 is 29.9 Å². The molecule has 0 aliphatic carbocycles. The molecule has 1 atom stereocenters. The Bertz CT molecular complexity index is 332. The molecule has 0 aromatic rings. The third-order valence-corrected chi connectivity index (χ3v) is 1.35. The van der Waals surface area contributed by atoms with Crippen LogP contribution < -0.4 is 5.73 Å². The van der Waals surface area contributed by atoms with E-state index in [0.29, 0.717) is 12.2 Å². The summed E-state index contributed by atoms with van der Waals surface area (Å²) in [6.45, 7) is 0. The van der Waals surface area contributed by atoms with Gasteiger partial charge in [0.2, 0.25) is 0 Å². The minimum absolute atomic E-state index is 0.0231. The first kappa shape index (κ1) is 18.0. The zero-order valence-electron chi connectivity index (χ0n) is 9.15. The van der Waals surface area contributed by atoms with Crippen molar-refractivity contribution in [2.24, 2.45) is 5.73 Å². The van der Waals surface area contributed by atoms with Crippen molar-refractivity contribution in [1.29, 1.82) is 0 Å². The second-order valence-electron chi connectivity index (χ2n) is 2.89. The van der Waals surface area contributed by atoms with E-state index in [1.807, 2.05) is 0 Å². The van der Waals surface area contributed by atoms with Crippen LogP contribution in [0.3, 0.4) is 0 Å². The first-order valence-electron chi connectivity index (χ1n) is 4.51. The Morgan fingerprint density at radius 3 is 1.56 bits per heavy atom. The molecule has 0 amide bonds. The van der Waals surface area contributed by atoms with Crippen molar-refractivity contribution >= 4 is 23.9 Å². The lowest BCUT2D eigenvalue weighted by Gasteiger charge is -2.01. The molecule has 0 heterocycles. The summed E-state index contributed by atoms with van der Waals surface area (Å²) in [7, 11) is 0. The number of carboxylic acids is 4. The SMILES string of the molecule is NC(CCC(=O)O)C(=O)O.O=C(O)/C=C\C(=O)O. The van der Waals surface area contributed by atoms with E-state index in [9.17, 15) is 19.2 Å². The first-order valence-corrected chi connectivity index (χ1v) is 4.51. The zero-order chi connectivity index (χ0) is 14.7. The first-order chi connectivity index (χ1) is 8.16. The van der Waals surface area contributed by atoms with Gasteiger partial charge in [-0.05, 0) is 6.42 Å². The van der Waals surface area contributed by atoms with Gasteiger partial charge in [0, 0.05) is 18.6 Å². The standard InChI is InChI=1S/C5H9NO4.C4H4O4/c6-3(5(9)10)1-2-4(7)8;5-3(6)1-2-4(7)8/h3H,1-2,6H2,(H,7,8)(H,9,10);1-2H,(H,5,6)(H,7,8)/b;2-1-. The average molecular weight is 263 g/mol. The van der Waals surface area contributed by atoms with Gasteiger partial charge in [-0.25, -0.2) is 9.59 Å². The maximum atomic E-state index is 9.99. The van der Waals surface area contributed by atoms with Crippen LogP contribution in [0, 0.1) is 0 Å². The van der Waals surface area contributed by atoms with Crippen molar-refractivity contribution in [3.63, 3.8) is 0 Å². The van der Waals surface area contributed by atoms with Crippen molar-refractivity contribution in [3.05, 3.63) is 12.2 Å². The van der Waals surface area contributed by atoms with Crippen LogP contribution in [0.25, 0.3) is 0 Å². The molecule has 0 rings (SSSR count). The van der Waals surface area contributed by atoms with Crippen LogP contribution in [0.1, 0.15) is 12.8 Å². The van der Waals surface area contributed by atoms with Crippen molar-refractivity contribution < 1.29 is 39.6 Å². The lowest BCUT2D eigenvalue weighted by atomic mass is 10.2. The van der Waals surface area contributed by atoms with Gasteiger partial charge in [-0.15, -0.1) is 0 Å². The third-order valence-electron chi connectivity index (χ3n) is 1.35. The van der Waals surface area contributed by atoms with E-state index in [4.69, 9.17) is 26.2 Å². The van der Waals surface area contributed by atoms with Crippen LogP contribution in [-0.4, -0.2) is 50.3 Å². The molecule has 0 radical (unpaired) electrons. The number of aliphatic carboxylic acids is 4. The lowest BCUT2D eigenvalue weighted by Crippen LogP contribution is -2.30. The van der Waals surface area contributed by atoms with Gasteiger partial charge in [0.05, 0.1) is 0 Å². The van der Waals surface area contributed by atoms with E-state index in [1.165, 1.54) is 0 Å². The van der Waals surface area contributed by atoms with Crippen LogP contribution in [0.2, 0.25) is 0 Å². The van der Waals surface area contributed by atoms with E-state index in [-0.39, 0.29) is 12.8 Å². The molecule has 0 saturated carbocycles.